The Hall–Kier alpha value is -3.09. The number of fused-ring (bicyclic) bond motifs is 1. The molecule has 0 atom stereocenters. The lowest BCUT2D eigenvalue weighted by molar-refractivity contribution is -0.384. The van der Waals surface area contributed by atoms with E-state index in [0.29, 0.717) is 11.2 Å². The summed E-state index contributed by atoms with van der Waals surface area (Å²) in [4.78, 5) is 30.9. The van der Waals surface area contributed by atoms with Crippen LogP contribution in [0.15, 0.2) is 53.7 Å². The van der Waals surface area contributed by atoms with E-state index in [0.717, 1.165) is 0 Å². The number of non-ortho nitro benzene ring substituents is 1. The first-order valence-electron chi connectivity index (χ1n) is 6.18. The minimum absolute atomic E-state index is 0.128. The Labute approximate surface area is 118 Å². The second kappa shape index (κ2) is 5.12. The van der Waals surface area contributed by atoms with Gasteiger partial charge in [-0.1, -0.05) is 6.07 Å². The fraction of sp³-hybridized carbons (Fsp3) is 0.0714. The first kappa shape index (κ1) is 12.9. The topological polar surface area (TPSA) is 90.9 Å². The molecule has 0 N–H and O–H groups in total. The monoisotopic (exact) mass is 282 g/mol. The number of nitro benzene ring substituents is 1. The number of nitrogens with zero attached hydrogens (tertiary/aromatic N) is 4. The molecule has 2 heterocycles. The summed E-state index contributed by atoms with van der Waals surface area (Å²) < 4.78 is 1.38. The Balaban J connectivity index is 2.10. The zero-order chi connectivity index (χ0) is 14.8. The van der Waals surface area contributed by atoms with Gasteiger partial charge >= 0.3 is 0 Å². The van der Waals surface area contributed by atoms with Crippen LogP contribution in [0, 0.1) is 10.1 Å². The van der Waals surface area contributed by atoms with E-state index in [1.165, 1.54) is 29.1 Å². The molecule has 7 heteroatoms. The molecule has 0 radical (unpaired) electrons. The van der Waals surface area contributed by atoms with Gasteiger partial charge in [0.15, 0.2) is 0 Å². The average Bonchev–Trinajstić information content (AvgIpc) is 2.51. The zero-order valence-corrected chi connectivity index (χ0v) is 10.8. The van der Waals surface area contributed by atoms with Gasteiger partial charge in [0.2, 0.25) is 0 Å². The molecule has 2 aromatic heterocycles. The molecule has 0 fully saturated rings. The van der Waals surface area contributed by atoms with Gasteiger partial charge in [0, 0.05) is 18.3 Å². The van der Waals surface area contributed by atoms with Gasteiger partial charge in [-0.05, 0) is 18.2 Å². The van der Waals surface area contributed by atoms with Crippen LogP contribution in [0.5, 0.6) is 0 Å². The minimum atomic E-state index is -0.533. The van der Waals surface area contributed by atoms with E-state index >= 15 is 0 Å². The maximum absolute atomic E-state index is 12.4. The molecule has 7 nitrogen and oxygen atoms in total. The number of hydrogen-bond donors (Lipinski definition) is 0. The smallest absolute Gasteiger partial charge is 0.270 e. The quantitative estimate of drug-likeness (QED) is 0.539. The maximum Gasteiger partial charge on any atom is 0.270 e. The van der Waals surface area contributed by atoms with E-state index in [4.69, 9.17) is 0 Å². The number of nitro groups is 1. The van der Waals surface area contributed by atoms with E-state index in [2.05, 4.69) is 9.97 Å². The van der Waals surface area contributed by atoms with Gasteiger partial charge in [-0.15, -0.1) is 0 Å². The minimum Gasteiger partial charge on any atom is -0.293 e. The third-order valence-corrected chi connectivity index (χ3v) is 3.08. The molecule has 21 heavy (non-hydrogen) atoms. The molecule has 0 amide bonds. The molecule has 104 valence electrons. The van der Waals surface area contributed by atoms with Gasteiger partial charge in [0.25, 0.3) is 11.2 Å². The van der Waals surface area contributed by atoms with Crippen molar-refractivity contribution in [2.75, 3.05) is 0 Å². The largest absolute Gasteiger partial charge is 0.293 e. The normalized spacial score (nSPS) is 10.7. The van der Waals surface area contributed by atoms with E-state index in [-0.39, 0.29) is 23.2 Å². The van der Waals surface area contributed by atoms with Crippen LogP contribution in [-0.4, -0.2) is 19.5 Å². The van der Waals surface area contributed by atoms with Crippen LogP contribution in [0.2, 0.25) is 0 Å². The lowest BCUT2D eigenvalue weighted by Gasteiger charge is -2.05. The summed E-state index contributed by atoms with van der Waals surface area (Å²) in [7, 11) is 0. The fourth-order valence-corrected chi connectivity index (χ4v) is 2.04. The highest BCUT2D eigenvalue weighted by molar-refractivity contribution is 5.79. The van der Waals surface area contributed by atoms with Crippen molar-refractivity contribution in [2.24, 2.45) is 0 Å². The fourth-order valence-electron chi connectivity index (χ4n) is 2.04. The Morgan fingerprint density at radius 3 is 2.76 bits per heavy atom. The van der Waals surface area contributed by atoms with Crippen LogP contribution in [0.25, 0.3) is 10.9 Å². The predicted molar refractivity (Wildman–Crippen MR) is 76.0 cm³/mol. The zero-order valence-electron chi connectivity index (χ0n) is 10.8. The standard InChI is InChI=1S/C14H10N4O3/c19-14-12-7-11(18(20)21)4-5-13(12)16-9-17(14)8-10-3-1-2-6-15-10/h1-7,9H,8H2. The summed E-state index contributed by atoms with van der Waals surface area (Å²) in [5.41, 5.74) is 0.695. The Morgan fingerprint density at radius 2 is 2.05 bits per heavy atom. The van der Waals surface area contributed by atoms with Crippen molar-refractivity contribution in [3.05, 3.63) is 75.1 Å². The number of aromatic nitrogens is 3. The van der Waals surface area contributed by atoms with Crippen molar-refractivity contribution in [3.8, 4) is 0 Å². The summed E-state index contributed by atoms with van der Waals surface area (Å²) in [6.45, 7) is 0.269. The van der Waals surface area contributed by atoms with Crippen molar-refractivity contribution >= 4 is 16.6 Å². The van der Waals surface area contributed by atoms with Gasteiger partial charge in [-0.25, -0.2) is 4.98 Å². The van der Waals surface area contributed by atoms with Crippen LogP contribution in [-0.2, 0) is 6.54 Å². The summed E-state index contributed by atoms with van der Waals surface area (Å²) >= 11 is 0. The highest BCUT2D eigenvalue weighted by atomic mass is 16.6. The Kier molecular flexibility index (Phi) is 3.15. The lowest BCUT2D eigenvalue weighted by atomic mass is 10.2. The van der Waals surface area contributed by atoms with Gasteiger partial charge < -0.3 is 0 Å². The molecule has 1 aromatic carbocycles. The van der Waals surface area contributed by atoms with Gasteiger partial charge in [-0.2, -0.15) is 0 Å². The molecule has 0 aliphatic heterocycles. The predicted octanol–water partition coefficient (Wildman–Crippen LogP) is 1.75. The van der Waals surface area contributed by atoms with Crippen LogP contribution < -0.4 is 5.56 Å². The maximum atomic E-state index is 12.4. The van der Waals surface area contributed by atoms with Crippen LogP contribution in [0.3, 0.4) is 0 Å². The molecule has 3 aromatic rings. The highest BCUT2D eigenvalue weighted by Crippen LogP contribution is 2.16. The third-order valence-electron chi connectivity index (χ3n) is 3.08. The summed E-state index contributed by atoms with van der Waals surface area (Å²) in [6.07, 6.45) is 3.06. The number of benzene rings is 1. The van der Waals surface area contributed by atoms with Gasteiger partial charge in [0.1, 0.15) is 0 Å². The van der Waals surface area contributed by atoms with Crippen molar-refractivity contribution in [1.29, 1.82) is 0 Å². The second-order valence-electron chi connectivity index (χ2n) is 4.46. The molecule has 0 saturated carbocycles. The van der Waals surface area contributed by atoms with E-state index in [1.54, 1.807) is 18.3 Å². The number of pyridine rings is 1. The molecular weight excluding hydrogens is 272 g/mol. The number of rotatable bonds is 3. The first-order chi connectivity index (χ1) is 10.1. The van der Waals surface area contributed by atoms with Crippen molar-refractivity contribution in [2.45, 2.75) is 6.54 Å². The molecule has 0 aliphatic carbocycles. The van der Waals surface area contributed by atoms with E-state index < -0.39 is 4.92 Å². The van der Waals surface area contributed by atoms with Crippen molar-refractivity contribution < 1.29 is 4.92 Å². The summed E-state index contributed by atoms with van der Waals surface area (Å²) in [5.74, 6) is 0. The van der Waals surface area contributed by atoms with Gasteiger partial charge in [-0.3, -0.25) is 24.5 Å². The third kappa shape index (κ3) is 2.48. The molecule has 0 spiro atoms. The van der Waals surface area contributed by atoms with E-state index in [1.807, 2.05) is 6.07 Å². The Bertz CT molecular complexity index is 874. The van der Waals surface area contributed by atoms with Crippen LogP contribution in [0.1, 0.15) is 5.69 Å². The molecule has 0 unspecified atom stereocenters. The summed E-state index contributed by atoms with van der Waals surface area (Å²) in [6, 6.07) is 9.46. The summed E-state index contributed by atoms with van der Waals surface area (Å²) in [5, 5.41) is 11.0. The lowest BCUT2D eigenvalue weighted by Crippen LogP contribution is -2.21. The molecular formula is C14H10N4O3. The second-order valence-corrected chi connectivity index (χ2v) is 4.46. The number of hydrogen-bond acceptors (Lipinski definition) is 5. The molecule has 0 saturated heterocycles. The first-order valence-corrected chi connectivity index (χ1v) is 6.18. The molecule has 0 bridgehead atoms. The molecule has 0 aliphatic rings. The van der Waals surface area contributed by atoms with E-state index in [9.17, 15) is 14.9 Å². The average molecular weight is 282 g/mol. The van der Waals surface area contributed by atoms with Crippen molar-refractivity contribution in [3.63, 3.8) is 0 Å². The highest BCUT2D eigenvalue weighted by Gasteiger charge is 2.11. The molecule has 3 rings (SSSR count). The van der Waals surface area contributed by atoms with Crippen molar-refractivity contribution in [1.82, 2.24) is 14.5 Å². The Morgan fingerprint density at radius 1 is 1.19 bits per heavy atom. The van der Waals surface area contributed by atoms with Crippen LogP contribution in [0.4, 0.5) is 5.69 Å². The van der Waals surface area contributed by atoms with Gasteiger partial charge in [0.05, 0.1) is 34.4 Å². The SMILES string of the molecule is O=c1c2cc([N+](=O)[O-])ccc2ncn1Cc1ccccn1. The van der Waals surface area contributed by atoms with Crippen LogP contribution >= 0.6 is 0 Å².